The molecule has 2 aromatic heterocycles. The van der Waals surface area contributed by atoms with Gasteiger partial charge < -0.3 is 32.1 Å². The summed E-state index contributed by atoms with van der Waals surface area (Å²) < 4.78 is 0. The third-order valence-corrected chi connectivity index (χ3v) is 6.44. The van der Waals surface area contributed by atoms with Gasteiger partial charge in [-0.1, -0.05) is 25.1 Å². The van der Waals surface area contributed by atoms with Crippen molar-refractivity contribution in [3.63, 3.8) is 0 Å². The highest BCUT2D eigenvalue weighted by molar-refractivity contribution is 5.97. The van der Waals surface area contributed by atoms with Gasteiger partial charge in [0.25, 0.3) is 11.8 Å². The number of fused-ring (bicyclic) bond motifs is 1. The molecule has 0 radical (unpaired) electrons. The minimum atomic E-state index is -1.14. The minimum Gasteiger partial charge on any atom is -0.480 e. The molecule has 218 valence electrons. The maximum absolute atomic E-state index is 12.9. The number of rotatable bonds is 13. The Bertz CT molecular complexity index is 1550. The second kappa shape index (κ2) is 13.8. The lowest BCUT2D eigenvalue weighted by Gasteiger charge is -2.24. The summed E-state index contributed by atoms with van der Waals surface area (Å²) >= 11 is 0. The summed E-state index contributed by atoms with van der Waals surface area (Å²) in [7, 11) is 0. The molecule has 0 saturated heterocycles. The fraction of sp³-hybridized carbons (Fsp3) is 0.276. The van der Waals surface area contributed by atoms with E-state index in [-0.39, 0.29) is 30.6 Å². The van der Waals surface area contributed by atoms with Gasteiger partial charge in [0.05, 0.1) is 18.4 Å². The molecule has 0 saturated carbocycles. The number of nitrogens with one attached hydrogen (secondary N) is 2. The van der Waals surface area contributed by atoms with E-state index in [4.69, 9.17) is 11.5 Å². The predicted octanol–water partition coefficient (Wildman–Crippen LogP) is 2.39. The first-order valence-electron chi connectivity index (χ1n) is 13.5. The van der Waals surface area contributed by atoms with Gasteiger partial charge in [0.2, 0.25) is 5.95 Å². The molecule has 0 aliphatic heterocycles. The van der Waals surface area contributed by atoms with Gasteiger partial charge in [0.1, 0.15) is 6.04 Å². The number of nitrogens with two attached hydrogens (primary N) is 2. The number of benzene rings is 2. The van der Waals surface area contributed by atoms with Crippen LogP contribution >= 0.6 is 0 Å². The topological polar surface area (TPSA) is 202 Å². The van der Waals surface area contributed by atoms with Crippen molar-refractivity contribution < 1.29 is 19.5 Å². The Morgan fingerprint density at radius 3 is 2.36 bits per heavy atom. The van der Waals surface area contributed by atoms with Gasteiger partial charge in [-0.15, -0.1) is 0 Å². The van der Waals surface area contributed by atoms with Crippen molar-refractivity contribution in [2.24, 2.45) is 0 Å². The van der Waals surface area contributed by atoms with Crippen molar-refractivity contribution in [2.75, 3.05) is 29.5 Å². The van der Waals surface area contributed by atoms with Crippen molar-refractivity contribution in [2.45, 2.75) is 38.8 Å². The number of aliphatic carboxylic acids is 1. The predicted molar refractivity (Wildman–Crippen MR) is 159 cm³/mol. The summed E-state index contributed by atoms with van der Waals surface area (Å²) in [5.41, 5.74) is 14.6. The van der Waals surface area contributed by atoms with E-state index in [9.17, 15) is 19.5 Å². The molecular weight excluding hydrogens is 538 g/mol. The quantitative estimate of drug-likeness (QED) is 0.147. The van der Waals surface area contributed by atoms with E-state index in [1.54, 1.807) is 54.7 Å². The van der Waals surface area contributed by atoms with Crippen LogP contribution in [0.15, 0.2) is 60.8 Å². The van der Waals surface area contributed by atoms with Gasteiger partial charge in [0, 0.05) is 29.9 Å². The van der Waals surface area contributed by atoms with Gasteiger partial charge in [-0.25, -0.2) is 14.8 Å². The Morgan fingerprint density at radius 1 is 0.952 bits per heavy atom. The monoisotopic (exact) mass is 571 g/mol. The standard InChI is InChI=1S/C29H33N9O4/c1-2-15-38(17-20-16-33-25-23(34-20)24(30)36-29(31)37-25)21-12-10-19(11-13-21)27(40)35-22(28(41)42)9-6-14-32-26(39)18-7-4-3-5-8-18/h3-5,7-8,10-13,16,22H,2,6,9,14-15,17H2,1H3,(H,32,39)(H,35,40)(H,41,42)(H4,30,31,33,36,37). The molecule has 4 aromatic rings. The maximum atomic E-state index is 12.9. The molecule has 2 heterocycles. The first kappa shape index (κ1) is 29.6. The number of amides is 2. The Labute approximate surface area is 242 Å². The molecule has 7 N–H and O–H groups in total. The van der Waals surface area contributed by atoms with Crippen molar-refractivity contribution in [3.05, 3.63) is 77.6 Å². The number of nitrogens with zero attached hydrogens (tertiary/aromatic N) is 5. The Balaban J connectivity index is 1.35. The maximum Gasteiger partial charge on any atom is 0.326 e. The lowest BCUT2D eigenvalue weighted by atomic mass is 10.1. The fourth-order valence-electron chi connectivity index (χ4n) is 4.35. The molecule has 1 atom stereocenters. The van der Waals surface area contributed by atoms with Crippen molar-refractivity contribution in [1.29, 1.82) is 0 Å². The van der Waals surface area contributed by atoms with Crippen molar-refractivity contribution in [3.8, 4) is 0 Å². The minimum absolute atomic E-state index is 0.0285. The zero-order valence-corrected chi connectivity index (χ0v) is 23.2. The zero-order chi connectivity index (χ0) is 30.1. The molecule has 0 aliphatic rings. The Morgan fingerprint density at radius 2 is 1.67 bits per heavy atom. The lowest BCUT2D eigenvalue weighted by molar-refractivity contribution is -0.139. The van der Waals surface area contributed by atoms with Gasteiger partial charge in [-0.05, 0) is 55.7 Å². The van der Waals surface area contributed by atoms with Gasteiger partial charge in [-0.3, -0.25) is 9.59 Å². The van der Waals surface area contributed by atoms with E-state index in [1.807, 2.05) is 6.07 Å². The van der Waals surface area contributed by atoms with E-state index in [0.717, 1.165) is 12.1 Å². The molecule has 0 fully saturated rings. The average molecular weight is 572 g/mol. The molecule has 4 rings (SSSR count). The van der Waals surface area contributed by atoms with Crippen LogP contribution in [-0.2, 0) is 11.3 Å². The summed E-state index contributed by atoms with van der Waals surface area (Å²) in [6, 6.07) is 14.5. The number of carbonyl (C=O) groups excluding carboxylic acids is 2. The van der Waals surface area contributed by atoms with Crippen LogP contribution in [0.25, 0.3) is 11.2 Å². The number of hydrogen-bond acceptors (Lipinski definition) is 10. The fourth-order valence-corrected chi connectivity index (χ4v) is 4.35. The number of hydrogen-bond donors (Lipinski definition) is 5. The molecule has 42 heavy (non-hydrogen) atoms. The van der Waals surface area contributed by atoms with E-state index in [1.165, 1.54) is 0 Å². The molecule has 1 unspecified atom stereocenters. The van der Waals surface area contributed by atoms with Gasteiger partial charge >= 0.3 is 5.97 Å². The van der Waals surface area contributed by atoms with Crippen LogP contribution in [0.4, 0.5) is 17.5 Å². The molecular formula is C29H33N9O4. The molecule has 0 bridgehead atoms. The van der Waals surface area contributed by atoms with Crippen LogP contribution in [-0.4, -0.2) is 62.0 Å². The third kappa shape index (κ3) is 7.65. The van der Waals surface area contributed by atoms with Crippen LogP contribution < -0.4 is 27.0 Å². The molecule has 0 aliphatic carbocycles. The number of anilines is 3. The highest BCUT2D eigenvalue weighted by Gasteiger charge is 2.21. The molecule has 13 heteroatoms. The number of carbonyl (C=O) groups is 3. The van der Waals surface area contributed by atoms with E-state index >= 15 is 0 Å². The largest absolute Gasteiger partial charge is 0.480 e. The van der Waals surface area contributed by atoms with Crippen LogP contribution in [0.2, 0.25) is 0 Å². The molecule has 2 aromatic carbocycles. The first-order valence-corrected chi connectivity index (χ1v) is 13.5. The lowest BCUT2D eigenvalue weighted by Crippen LogP contribution is -2.41. The summed E-state index contributed by atoms with van der Waals surface area (Å²) in [6.07, 6.45) is 3.01. The first-order chi connectivity index (χ1) is 20.2. The molecule has 2 amide bonds. The summed E-state index contributed by atoms with van der Waals surface area (Å²) in [5.74, 6) is -1.70. The van der Waals surface area contributed by atoms with Crippen LogP contribution in [0.1, 0.15) is 52.6 Å². The van der Waals surface area contributed by atoms with Crippen LogP contribution in [0.5, 0.6) is 0 Å². The summed E-state index contributed by atoms with van der Waals surface area (Å²) in [5, 5.41) is 15.0. The highest BCUT2D eigenvalue weighted by Crippen LogP contribution is 2.20. The van der Waals surface area contributed by atoms with E-state index < -0.39 is 17.9 Å². The SMILES string of the molecule is CCCN(Cc1cnc2nc(N)nc(N)c2n1)c1ccc(C(=O)NC(CCCNC(=O)c2ccccc2)C(=O)O)cc1. The summed E-state index contributed by atoms with van der Waals surface area (Å²) in [6.45, 7) is 3.47. The Kier molecular flexibility index (Phi) is 9.77. The van der Waals surface area contributed by atoms with E-state index in [0.29, 0.717) is 47.5 Å². The number of carboxylic acid groups (broad SMARTS) is 1. The average Bonchev–Trinajstić information content (AvgIpc) is 2.99. The summed E-state index contributed by atoms with van der Waals surface area (Å²) in [4.78, 5) is 55.8. The van der Waals surface area contributed by atoms with Crippen LogP contribution in [0.3, 0.4) is 0 Å². The second-order valence-corrected chi connectivity index (χ2v) is 9.60. The Hall–Kier alpha value is -5.33. The van der Waals surface area contributed by atoms with Crippen molar-refractivity contribution in [1.82, 2.24) is 30.6 Å². The molecule has 0 spiro atoms. The normalized spacial score (nSPS) is 11.5. The molecule has 13 nitrogen and oxygen atoms in total. The van der Waals surface area contributed by atoms with Crippen molar-refractivity contribution >= 4 is 46.4 Å². The zero-order valence-electron chi connectivity index (χ0n) is 23.2. The smallest absolute Gasteiger partial charge is 0.326 e. The van der Waals surface area contributed by atoms with E-state index in [2.05, 4.69) is 42.4 Å². The van der Waals surface area contributed by atoms with Gasteiger partial charge in [-0.2, -0.15) is 9.97 Å². The highest BCUT2D eigenvalue weighted by atomic mass is 16.4. The number of nitrogen functional groups attached to an aromatic ring is 2. The van der Waals surface area contributed by atoms with Crippen LogP contribution in [0, 0.1) is 0 Å². The third-order valence-electron chi connectivity index (χ3n) is 6.44. The number of carboxylic acids is 1. The number of aromatic nitrogens is 4. The van der Waals surface area contributed by atoms with Gasteiger partial charge in [0.15, 0.2) is 17.0 Å². The second-order valence-electron chi connectivity index (χ2n) is 9.60.